The molecule has 9 heteroatoms. The van der Waals surface area contributed by atoms with Crippen molar-refractivity contribution < 1.29 is 27.5 Å². The number of sulfonamides is 1. The molecule has 1 spiro atoms. The number of piperidine rings is 1. The summed E-state index contributed by atoms with van der Waals surface area (Å²) in [6.45, 7) is 1.41. The molecule has 3 atom stereocenters. The Hall–Kier alpha value is -2.59. The first kappa shape index (κ1) is 26.0. The summed E-state index contributed by atoms with van der Waals surface area (Å²) in [6.07, 6.45) is 3.59. The van der Waals surface area contributed by atoms with E-state index in [0.29, 0.717) is 26.2 Å². The molecule has 0 radical (unpaired) electrons. The Kier molecular flexibility index (Phi) is 7.76. The molecule has 37 heavy (non-hydrogen) atoms. The lowest BCUT2D eigenvalue weighted by Gasteiger charge is -2.37. The molecule has 0 saturated carbocycles. The van der Waals surface area contributed by atoms with E-state index in [0.717, 1.165) is 24.8 Å². The molecule has 3 aliphatic heterocycles. The Bertz CT molecular complexity index is 1200. The molecule has 8 nitrogen and oxygen atoms in total. The van der Waals surface area contributed by atoms with Crippen molar-refractivity contribution in [2.75, 3.05) is 26.3 Å². The van der Waals surface area contributed by atoms with E-state index >= 15 is 0 Å². The average molecular weight is 527 g/mol. The molecule has 0 aliphatic carbocycles. The van der Waals surface area contributed by atoms with Crippen LogP contribution in [0.4, 0.5) is 0 Å². The van der Waals surface area contributed by atoms with Crippen molar-refractivity contribution in [2.24, 2.45) is 5.41 Å². The van der Waals surface area contributed by atoms with Crippen molar-refractivity contribution in [1.29, 1.82) is 0 Å². The molecule has 3 heterocycles. The van der Waals surface area contributed by atoms with Crippen LogP contribution in [0.1, 0.15) is 44.1 Å². The molecule has 0 aromatic heterocycles. The normalized spacial score (nSPS) is 27.2. The van der Waals surface area contributed by atoms with E-state index in [4.69, 9.17) is 9.47 Å². The van der Waals surface area contributed by atoms with Crippen molar-refractivity contribution in [3.8, 4) is 0 Å². The molecular weight excluding hydrogens is 492 g/mol. The zero-order chi connectivity index (χ0) is 25.9. The van der Waals surface area contributed by atoms with Crippen LogP contribution >= 0.6 is 0 Å². The Morgan fingerprint density at radius 3 is 2.43 bits per heavy atom. The molecule has 5 rings (SSSR count). The maximum Gasteiger partial charge on any atom is 0.243 e. The van der Waals surface area contributed by atoms with Gasteiger partial charge >= 0.3 is 0 Å². The number of nitrogens with zero attached hydrogens (tertiary/aromatic N) is 2. The summed E-state index contributed by atoms with van der Waals surface area (Å²) in [7, 11) is -3.83. The number of hydrogen-bond donors (Lipinski definition) is 0. The molecule has 1 amide bonds. The van der Waals surface area contributed by atoms with Crippen LogP contribution in [0, 0.1) is 5.41 Å². The zero-order valence-electron chi connectivity index (χ0n) is 21.0. The molecule has 3 saturated heterocycles. The lowest BCUT2D eigenvalue weighted by atomic mass is 9.76. The summed E-state index contributed by atoms with van der Waals surface area (Å²) in [5, 5.41) is 0. The predicted octanol–water partition coefficient (Wildman–Crippen LogP) is 3.37. The van der Waals surface area contributed by atoms with Crippen LogP contribution in [-0.2, 0) is 35.6 Å². The van der Waals surface area contributed by atoms with E-state index in [1.807, 2.05) is 30.3 Å². The number of carbonyl (C=O) groups excluding carboxylic acids is 2. The largest absolute Gasteiger partial charge is 0.353 e. The topological polar surface area (TPSA) is 93.2 Å². The first-order valence-corrected chi connectivity index (χ1v) is 14.5. The first-order valence-electron chi connectivity index (χ1n) is 13.1. The second kappa shape index (κ2) is 11.0. The summed E-state index contributed by atoms with van der Waals surface area (Å²) >= 11 is 0. The van der Waals surface area contributed by atoms with Crippen LogP contribution < -0.4 is 0 Å². The van der Waals surface area contributed by atoms with Gasteiger partial charge in [0.2, 0.25) is 15.9 Å². The number of rotatable bonds is 8. The number of Topliss-reactive ketones (excluding diaryl/α,β-unsaturated/α-hetero) is 1. The fourth-order valence-electron chi connectivity index (χ4n) is 5.70. The van der Waals surface area contributed by atoms with Crippen molar-refractivity contribution in [3.05, 3.63) is 66.2 Å². The quantitative estimate of drug-likeness (QED) is 0.490. The van der Waals surface area contributed by atoms with Gasteiger partial charge in [0.05, 0.1) is 11.5 Å². The Balaban J connectivity index is 1.38. The van der Waals surface area contributed by atoms with Gasteiger partial charge in [-0.2, -0.15) is 4.31 Å². The van der Waals surface area contributed by atoms with Crippen molar-refractivity contribution in [1.82, 2.24) is 9.21 Å². The van der Waals surface area contributed by atoms with Gasteiger partial charge in [-0.25, -0.2) is 8.42 Å². The maximum atomic E-state index is 14.0. The van der Waals surface area contributed by atoms with Crippen LogP contribution in [0.25, 0.3) is 0 Å². The van der Waals surface area contributed by atoms with Gasteiger partial charge < -0.3 is 14.4 Å². The van der Waals surface area contributed by atoms with Gasteiger partial charge in [0.1, 0.15) is 5.41 Å². The van der Waals surface area contributed by atoms with Gasteiger partial charge in [-0.3, -0.25) is 9.59 Å². The minimum absolute atomic E-state index is 0.0239. The number of amides is 1. The molecule has 0 bridgehead atoms. The van der Waals surface area contributed by atoms with Gasteiger partial charge in [-0.15, -0.1) is 0 Å². The fraction of sp³-hybridized carbons (Fsp3) is 0.500. The molecule has 2 aromatic rings. The van der Waals surface area contributed by atoms with E-state index in [2.05, 4.69) is 0 Å². The highest BCUT2D eigenvalue weighted by atomic mass is 32.2. The van der Waals surface area contributed by atoms with Crippen molar-refractivity contribution in [2.45, 2.75) is 62.3 Å². The lowest BCUT2D eigenvalue weighted by molar-refractivity contribution is -0.164. The van der Waals surface area contributed by atoms with Crippen molar-refractivity contribution >= 4 is 21.7 Å². The Labute approximate surface area is 218 Å². The Morgan fingerprint density at radius 1 is 1.00 bits per heavy atom. The predicted molar refractivity (Wildman–Crippen MR) is 137 cm³/mol. The summed E-state index contributed by atoms with van der Waals surface area (Å²) < 4.78 is 39.8. The van der Waals surface area contributed by atoms with Crippen LogP contribution in [-0.4, -0.2) is 67.9 Å². The zero-order valence-corrected chi connectivity index (χ0v) is 21.8. The third-order valence-corrected chi connectivity index (χ3v) is 9.59. The number of ketones is 1. The van der Waals surface area contributed by atoms with Crippen molar-refractivity contribution in [3.63, 3.8) is 0 Å². The number of ether oxygens (including phenoxy) is 2. The third kappa shape index (κ3) is 5.36. The van der Waals surface area contributed by atoms with E-state index in [9.17, 15) is 18.0 Å². The highest BCUT2D eigenvalue weighted by Gasteiger charge is 2.59. The standard InChI is InChI=1S/C28H34N2O6S/c31-25-14-16-29(37(33,34)24-11-5-2-6-12-24)21-28(25)19-23(15-18-36-26-13-7-8-17-35-26)30(27(28)32)20-22-9-3-1-4-10-22/h1-6,9-12,23,26H,7-8,13-21H2/t23-,26?,28-/m1/s1. The molecule has 2 aromatic carbocycles. The van der Waals surface area contributed by atoms with E-state index in [1.165, 1.54) is 4.31 Å². The highest BCUT2D eigenvalue weighted by Crippen LogP contribution is 2.44. The number of benzene rings is 2. The van der Waals surface area contributed by atoms with Gasteiger partial charge in [-0.1, -0.05) is 48.5 Å². The second-order valence-corrected chi connectivity index (χ2v) is 12.1. The fourth-order valence-corrected chi connectivity index (χ4v) is 7.22. The molecule has 0 N–H and O–H groups in total. The molecular formula is C28H34N2O6S. The second-order valence-electron chi connectivity index (χ2n) is 10.1. The summed E-state index contributed by atoms with van der Waals surface area (Å²) in [6, 6.07) is 17.6. The smallest absolute Gasteiger partial charge is 0.243 e. The van der Waals surface area contributed by atoms with E-state index < -0.39 is 15.4 Å². The lowest BCUT2D eigenvalue weighted by Crippen LogP contribution is -2.54. The first-order chi connectivity index (χ1) is 17.9. The summed E-state index contributed by atoms with van der Waals surface area (Å²) in [5.74, 6) is -0.456. The van der Waals surface area contributed by atoms with Crippen LogP contribution in [0.15, 0.2) is 65.6 Å². The maximum absolute atomic E-state index is 14.0. The molecule has 3 fully saturated rings. The SMILES string of the molecule is O=C1CCN(S(=O)(=O)c2ccccc2)C[C@]12C[C@@H](CCOC1CCCCO1)N(Cc1ccccc1)C2=O. The van der Waals surface area contributed by atoms with Gasteiger partial charge in [0.15, 0.2) is 12.1 Å². The van der Waals surface area contributed by atoms with Gasteiger partial charge in [0, 0.05) is 38.7 Å². The molecule has 1 unspecified atom stereocenters. The minimum atomic E-state index is -3.83. The van der Waals surface area contributed by atoms with Crippen LogP contribution in [0.5, 0.6) is 0 Å². The molecule has 198 valence electrons. The monoisotopic (exact) mass is 526 g/mol. The number of carbonyl (C=O) groups is 2. The molecule has 3 aliphatic rings. The summed E-state index contributed by atoms with van der Waals surface area (Å²) in [5.41, 5.74) is -0.410. The van der Waals surface area contributed by atoms with E-state index in [-0.39, 0.29) is 54.8 Å². The minimum Gasteiger partial charge on any atom is -0.353 e. The number of likely N-dealkylation sites (tertiary alicyclic amines) is 1. The van der Waals surface area contributed by atoms with E-state index in [1.54, 1.807) is 35.2 Å². The summed E-state index contributed by atoms with van der Waals surface area (Å²) in [4.78, 5) is 29.3. The Morgan fingerprint density at radius 2 is 1.73 bits per heavy atom. The van der Waals surface area contributed by atoms with Crippen LogP contribution in [0.3, 0.4) is 0 Å². The third-order valence-electron chi connectivity index (χ3n) is 7.73. The van der Waals surface area contributed by atoms with Gasteiger partial charge in [-0.05, 0) is 49.8 Å². The average Bonchev–Trinajstić information content (AvgIpc) is 3.18. The van der Waals surface area contributed by atoms with Crippen LogP contribution in [0.2, 0.25) is 0 Å². The number of hydrogen-bond acceptors (Lipinski definition) is 6. The van der Waals surface area contributed by atoms with Gasteiger partial charge in [0.25, 0.3) is 0 Å². The highest BCUT2D eigenvalue weighted by molar-refractivity contribution is 7.89.